The van der Waals surface area contributed by atoms with Gasteiger partial charge < -0.3 is 10.5 Å². The third-order valence-corrected chi connectivity index (χ3v) is 2.24. The largest absolute Gasteiger partial charge is 0.455 e. The van der Waals surface area contributed by atoms with E-state index in [0.717, 1.165) is 0 Å². The Balaban J connectivity index is 2.30. The number of thiocarbonyl (C=S) groups is 1. The van der Waals surface area contributed by atoms with Gasteiger partial charge in [-0.3, -0.25) is 0 Å². The summed E-state index contributed by atoms with van der Waals surface area (Å²) in [6, 6.07) is 9.07. The highest BCUT2D eigenvalue weighted by Crippen LogP contribution is 2.23. The molecule has 0 saturated carbocycles. The van der Waals surface area contributed by atoms with Crippen molar-refractivity contribution >= 4 is 17.2 Å². The number of ether oxygens (including phenoxy) is 1. The Morgan fingerprint density at radius 2 is 1.94 bits per heavy atom. The lowest BCUT2D eigenvalue weighted by atomic mass is 10.3. The van der Waals surface area contributed by atoms with E-state index in [1.807, 2.05) is 0 Å². The zero-order valence-electron chi connectivity index (χ0n) is 8.76. The van der Waals surface area contributed by atoms with Crippen LogP contribution in [-0.4, -0.2) is 9.97 Å². The molecule has 2 N–H and O–H groups in total. The molecule has 1 aromatic heterocycles. The van der Waals surface area contributed by atoms with Gasteiger partial charge in [0.1, 0.15) is 22.2 Å². The molecule has 1 aromatic carbocycles. The van der Waals surface area contributed by atoms with Gasteiger partial charge in [-0.05, 0) is 36.4 Å². The van der Waals surface area contributed by atoms with Crippen molar-refractivity contribution in [3.8, 4) is 11.5 Å². The monoisotopic (exact) mass is 248 g/mol. The fraction of sp³-hybridized carbons (Fsp3) is 0. The van der Waals surface area contributed by atoms with Crippen molar-refractivity contribution in [1.29, 1.82) is 0 Å². The molecule has 0 unspecified atom stereocenters. The maximum Gasteiger partial charge on any atom is 0.156 e. The SMILES string of the molecule is NC(=S)c1ncccc1Oc1ccc(F)cc1. The van der Waals surface area contributed by atoms with Gasteiger partial charge in [0.25, 0.3) is 0 Å². The third kappa shape index (κ3) is 2.76. The summed E-state index contributed by atoms with van der Waals surface area (Å²) in [5.41, 5.74) is 5.93. The number of halogens is 1. The zero-order chi connectivity index (χ0) is 12.3. The molecule has 0 aliphatic heterocycles. The van der Waals surface area contributed by atoms with Crippen LogP contribution in [0.25, 0.3) is 0 Å². The van der Waals surface area contributed by atoms with Crippen LogP contribution in [-0.2, 0) is 0 Å². The number of rotatable bonds is 3. The first kappa shape index (κ1) is 11.5. The van der Waals surface area contributed by atoms with Crippen LogP contribution in [0.2, 0.25) is 0 Å². The number of hydrogen-bond acceptors (Lipinski definition) is 3. The Labute approximate surface area is 103 Å². The predicted octanol–water partition coefficient (Wildman–Crippen LogP) is 2.65. The van der Waals surface area contributed by atoms with Crippen molar-refractivity contribution in [1.82, 2.24) is 4.98 Å². The Bertz CT molecular complexity index is 542. The van der Waals surface area contributed by atoms with Crippen LogP contribution in [0.3, 0.4) is 0 Å². The quantitative estimate of drug-likeness (QED) is 0.848. The van der Waals surface area contributed by atoms with Gasteiger partial charge >= 0.3 is 0 Å². The van der Waals surface area contributed by atoms with Crippen LogP contribution in [0.1, 0.15) is 5.69 Å². The van der Waals surface area contributed by atoms with E-state index in [0.29, 0.717) is 17.2 Å². The minimum Gasteiger partial charge on any atom is -0.455 e. The summed E-state index contributed by atoms with van der Waals surface area (Å²) < 4.78 is 18.3. The summed E-state index contributed by atoms with van der Waals surface area (Å²) in [7, 11) is 0. The molecule has 0 fully saturated rings. The van der Waals surface area contributed by atoms with Crippen LogP contribution in [0.4, 0.5) is 4.39 Å². The normalized spacial score (nSPS) is 9.94. The summed E-state index contributed by atoms with van der Waals surface area (Å²) in [6.45, 7) is 0. The van der Waals surface area contributed by atoms with E-state index in [2.05, 4.69) is 4.98 Å². The summed E-state index contributed by atoms with van der Waals surface area (Å²) in [5, 5.41) is 0. The Morgan fingerprint density at radius 3 is 2.59 bits per heavy atom. The standard InChI is InChI=1S/C12H9FN2OS/c13-8-3-5-9(6-4-8)16-10-2-1-7-15-11(10)12(14)17/h1-7H,(H2,14,17). The average Bonchev–Trinajstić information content (AvgIpc) is 2.32. The van der Waals surface area contributed by atoms with Crippen molar-refractivity contribution in [3.63, 3.8) is 0 Å². The van der Waals surface area contributed by atoms with Gasteiger partial charge in [0.15, 0.2) is 5.75 Å². The highest BCUT2D eigenvalue weighted by molar-refractivity contribution is 7.80. The first-order valence-corrected chi connectivity index (χ1v) is 5.26. The van der Waals surface area contributed by atoms with Gasteiger partial charge in [-0.15, -0.1) is 0 Å². The molecule has 0 spiro atoms. The van der Waals surface area contributed by atoms with Gasteiger partial charge in [0, 0.05) is 6.20 Å². The predicted molar refractivity (Wildman–Crippen MR) is 66.6 cm³/mol. The van der Waals surface area contributed by atoms with E-state index < -0.39 is 0 Å². The Morgan fingerprint density at radius 1 is 1.24 bits per heavy atom. The molecule has 1 heterocycles. The van der Waals surface area contributed by atoms with Crippen molar-refractivity contribution in [2.24, 2.45) is 5.73 Å². The van der Waals surface area contributed by atoms with Gasteiger partial charge in [-0.25, -0.2) is 9.37 Å². The fourth-order valence-electron chi connectivity index (χ4n) is 1.29. The summed E-state index contributed by atoms with van der Waals surface area (Å²) in [5.74, 6) is 0.626. The van der Waals surface area contributed by atoms with Gasteiger partial charge in [-0.2, -0.15) is 0 Å². The van der Waals surface area contributed by atoms with E-state index in [1.165, 1.54) is 24.3 Å². The van der Waals surface area contributed by atoms with Crippen molar-refractivity contribution in [3.05, 3.63) is 54.1 Å². The summed E-state index contributed by atoms with van der Waals surface area (Å²) in [6.07, 6.45) is 1.58. The van der Waals surface area contributed by atoms with E-state index in [9.17, 15) is 4.39 Å². The highest BCUT2D eigenvalue weighted by Gasteiger charge is 2.08. The minimum absolute atomic E-state index is 0.155. The molecule has 0 aliphatic rings. The topological polar surface area (TPSA) is 48.1 Å². The van der Waals surface area contributed by atoms with Crippen LogP contribution in [0.15, 0.2) is 42.6 Å². The molecule has 0 saturated heterocycles. The lowest BCUT2D eigenvalue weighted by Crippen LogP contribution is -2.12. The molecule has 17 heavy (non-hydrogen) atoms. The molecule has 0 aliphatic carbocycles. The van der Waals surface area contributed by atoms with Crippen LogP contribution in [0.5, 0.6) is 11.5 Å². The number of benzene rings is 1. The summed E-state index contributed by atoms with van der Waals surface area (Å²) in [4.78, 5) is 4.18. The zero-order valence-corrected chi connectivity index (χ0v) is 9.58. The summed E-state index contributed by atoms with van der Waals surface area (Å²) >= 11 is 4.86. The molecule has 0 radical (unpaired) electrons. The second-order valence-corrected chi connectivity index (χ2v) is 3.71. The van der Waals surface area contributed by atoms with Crippen LogP contribution >= 0.6 is 12.2 Å². The van der Waals surface area contributed by atoms with E-state index in [-0.39, 0.29) is 10.8 Å². The van der Waals surface area contributed by atoms with E-state index in [1.54, 1.807) is 18.3 Å². The van der Waals surface area contributed by atoms with Gasteiger partial charge in [0.05, 0.1) is 0 Å². The molecule has 5 heteroatoms. The number of nitrogens with zero attached hydrogens (tertiary/aromatic N) is 1. The number of nitrogens with two attached hydrogens (primary N) is 1. The third-order valence-electron chi connectivity index (χ3n) is 2.05. The molecular formula is C12H9FN2OS. The fourth-order valence-corrected chi connectivity index (χ4v) is 1.44. The first-order chi connectivity index (χ1) is 8.16. The lowest BCUT2D eigenvalue weighted by molar-refractivity contribution is 0.477. The van der Waals surface area contributed by atoms with Crippen LogP contribution in [0, 0.1) is 5.82 Å². The molecular weight excluding hydrogens is 239 g/mol. The molecule has 86 valence electrons. The Kier molecular flexibility index (Phi) is 3.30. The average molecular weight is 248 g/mol. The molecule has 0 amide bonds. The van der Waals surface area contributed by atoms with Crippen LogP contribution < -0.4 is 10.5 Å². The van der Waals surface area contributed by atoms with Crippen molar-refractivity contribution < 1.29 is 9.13 Å². The number of pyridine rings is 1. The second kappa shape index (κ2) is 4.88. The number of hydrogen-bond donors (Lipinski definition) is 1. The van der Waals surface area contributed by atoms with Gasteiger partial charge in [-0.1, -0.05) is 12.2 Å². The first-order valence-electron chi connectivity index (χ1n) is 4.85. The molecule has 0 atom stereocenters. The molecule has 2 aromatic rings. The molecule has 3 nitrogen and oxygen atoms in total. The second-order valence-electron chi connectivity index (χ2n) is 3.27. The molecule has 2 rings (SSSR count). The van der Waals surface area contributed by atoms with E-state index >= 15 is 0 Å². The lowest BCUT2D eigenvalue weighted by Gasteiger charge is -2.08. The Hall–Kier alpha value is -2.01. The van der Waals surface area contributed by atoms with Gasteiger partial charge in [0.2, 0.25) is 0 Å². The smallest absolute Gasteiger partial charge is 0.156 e. The minimum atomic E-state index is -0.321. The maximum absolute atomic E-state index is 12.7. The van der Waals surface area contributed by atoms with E-state index in [4.69, 9.17) is 22.7 Å². The molecule has 0 bridgehead atoms. The van der Waals surface area contributed by atoms with Crippen molar-refractivity contribution in [2.45, 2.75) is 0 Å². The number of aromatic nitrogens is 1. The highest BCUT2D eigenvalue weighted by atomic mass is 32.1. The maximum atomic E-state index is 12.7. The van der Waals surface area contributed by atoms with Crippen molar-refractivity contribution in [2.75, 3.05) is 0 Å².